The van der Waals surface area contributed by atoms with Crippen LogP contribution in [0.1, 0.15) is 34.7 Å². The highest BCUT2D eigenvalue weighted by atomic mass is 19.1. The van der Waals surface area contributed by atoms with E-state index in [1.807, 2.05) is 36.4 Å². The largest absolute Gasteiger partial charge is 0.357 e. The molecule has 0 fully saturated rings. The van der Waals surface area contributed by atoms with Gasteiger partial charge in [-0.1, -0.05) is 60.2 Å². The van der Waals surface area contributed by atoms with Gasteiger partial charge in [0.25, 0.3) is 0 Å². The van der Waals surface area contributed by atoms with Gasteiger partial charge in [0, 0.05) is 19.3 Å². The average Bonchev–Trinajstić information content (AvgIpc) is 2.76. The van der Waals surface area contributed by atoms with Crippen molar-refractivity contribution in [2.24, 2.45) is 0 Å². The van der Waals surface area contributed by atoms with E-state index in [1.165, 1.54) is 17.2 Å². The van der Waals surface area contributed by atoms with E-state index in [-0.39, 0.29) is 11.7 Å². The number of hydrogen-bond acceptors (Lipinski definition) is 2. The van der Waals surface area contributed by atoms with E-state index in [0.717, 1.165) is 24.1 Å². The summed E-state index contributed by atoms with van der Waals surface area (Å²) in [5.41, 5.74) is 4.84. The Bertz CT molecular complexity index is 970. The molecule has 0 saturated carbocycles. The first kappa shape index (κ1) is 21.6. The Hall–Kier alpha value is -3.14. The van der Waals surface area contributed by atoms with Gasteiger partial charge < -0.3 is 10.2 Å². The lowest BCUT2D eigenvalue weighted by atomic mass is 10.0. The zero-order valence-electron chi connectivity index (χ0n) is 17.9. The normalized spacial score (nSPS) is 11.7. The van der Waals surface area contributed by atoms with Gasteiger partial charge in [0.15, 0.2) is 0 Å². The molecule has 30 heavy (non-hydrogen) atoms. The molecule has 1 atom stereocenters. The summed E-state index contributed by atoms with van der Waals surface area (Å²) in [4.78, 5) is 15.0. The van der Waals surface area contributed by atoms with E-state index < -0.39 is 6.04 Å². The van der Waals surface area contributed by atoms with Gasteiger partial charge >= 0.3 is 0 Å². The van der Waals surface area contributed by atoms with Crippen LogP contribution in [0.2, 0.25) is 0 Å². The number of carbonyl (C=O) groups is 1. The molecule has 0 aliphatic heterocycles. The van der Waals surface area contributed by atoms with Crippen LogP contribution in [0.4, 0.5) is 10.1 Å². The van der Waals surface area contributed by atoms with Crippen LogP contribution in [0.25, 0.3) is 0 Å². The first-order chi connectivity index (χ1) is 14.5. The molecule has 0 spiro atoms. The van der Waals surface area contributed by atoms with E-state index in [2.05, 4.69) is 41.4 Å². The zero-order valence-corrected chi connectivity index (χ0v) is 17.9. The monoisotopic (exact) mass is 404 g/mol. The summed E-state index contributed by atoms with van der Waals surface area (Å²) in [6, 6.07) is 22.8. The minimum absolute atomic E-state index is 0.0847. The Balaban J connectivity index is 1.91. The van der Waals surface area contributed by atoms with Gasteiger partial charge in [-0.3, -0.25) is 4.79 Å². The smallest absolute Gasteiger partial charge is 0.247 e. The highest BCUT2D eigenvalue weighted by Crippen LogP contribution is 2.29. The topological polar surface area (TPSA) is 32.3 Å². The van der Waals surface area contributed by atoms with E-state index in [0.29, 0.717) is 12.1 Å². The van der Waals surface area contributed by atoms with Crippen molar-refractivity contribution in [1.29, 1.82) is 0 Å². The highest BCUT2D eigenvalue weighted by molar-refractivity contribution is 5.86. The van der Waals surface area contributed by atoms with E-state index in [9.17, 15) is 9.18 Å². The molecule has 3 rings (SSSR count). The fourth-order valence-electron chi connectivity index (χ4n) is 3.67. The van der Waals surface area contributed by atoms with Crippen LogP contribution in [-0.4, -0.2) is 19.5 Å². The minimum Gasteiger partial charge on any atom is -0.357 e. The number of likely N-dealkylation sites (N-methyl/N-ethyl adjacent to an activating group) is 1. The second-order valence-electron chi connectivity index (χ2n) is 7.64. The lowest BCUT2D eigenvalue weighted by Gasteiger charge is -2.33. The predicted octanol–water partition coefficient (Wildman–Crippen LogP) is 5.37. The molecule has 3 aromatic rings. The molecule has 0 unspecified atom stereocenters. The number of rotatable bonds is 8. The summed E-state index contributed by atoms with van der Waals surface area (Å²) in [5, 5.41) is 2.80. The zero-order chi connectivity index (χ0) is 21.5. The van der Waals surface area contributed by atoms with Crippen LogP contribution < -0.4 is 10.2 Å². The summed E-state index contributed by atoms with van der Waals surface area (Å²) in [6.45, 7) is 4.50. The molecule has 0 aromatic heterocycles. The van der Waals surface area contributed by atoms with Gasteiger partial charge in [-0.15, -0.1) is 0 Å². The molecule has 0 aliphatic carbocycles. The van der Waals surface area contributed by atoms with Crippen molar-refractivity contribution in [3.05, 3.63) is 101 Å². The Kier molecular flexibility index (Phi) is 7.23. The Morgan fingerprint density at radius 2 is 1.70 bits per heavy atom. The van der Waals surface area contributed by atoms with Crippen LogP contribution in [0, 0.1) is 19.7 Å². The predicted molar refractivity (Wildman–Crippen MR) is 121 cm³/mol. The molecule has 4 heteroatoms. The molecule has 1 N–H and O–H groups in total. The van der Waals surface area contributed by atoms with Crippen LogP contribution >= 0.6 is 0 Å². The molecule has 3 aromatic carbocycles. The third-order valence-corrected chi connectivity index (χ3v) is 5.38. The first-order valence-corrected chi connectivity index (χ1v) is 10.3. The maximum Gasteiger partial charge on any atom is 0.247 e. The van der Waals surface area contributed by atoms with Gasteiger partial charge in [-0.05, 0) is 61.6 Å². The summed E-state index contributed by atoms with van der Waals surface area (Å²) < 4.78 is 13.9. The second kappa shape index (κ2) is 10.1. The highest BCUT2D eigenvalue weighted by Gasteiger charge is 2.27. The maximum atomic E-state index is 13.9. The van der Waals surface area contributed by atoms with Crippen molar-refractivity contribution in [1.82, 2.24) is 5.32 Å². The third kappa shape index (κ3) is 5.26. The standard InChI is InChI=1S/C26H29FN2O/c1-19-11-13-21(14-12-19)8-7-17-29(23-15-16-24(27)20(2)18-23)25(26(30)28-3)22-9-5-4-6-10-22/h4-6,9-16,18,25H,7-8,17H2,1-3H3,(H,28,30)/t25-/m1/s1. The molecule has 0 radical (unpaired) electrons. The molecule has 0 aliphatic rings. The Morgan fingerprint density at radius 3 is 2.33 bits per heavy atom. The molecule has 3 nitrogen and oxygen atoms in total. The molecule has 0 saturated heterocycles. The average molecular weight is 405 g/mol. The molecule has 156 valence electrons. The summed E-state index contributed by atoms with van der Waals surface area (Å²) in [7, 11) is 1.65. The van der Waals surface area contributed by atoms with Gasteiger partial charge in [0.2, 0.25) is 5.91 Å². The number of anilines is 1. The van der Waals surface area contributed by atoms with Crippen LogP contribution in [-0.2, 0) is 11.2 Å². The minimum atomic E-state index is -0.487. The van der Waals surface area contributed by atoms with Crippen molar-refractivity contribution < 1.29 is 9.18 Å². The third-order valence-electron chi connectivity index (χ3n) is 5.38. The van der Waals surface area contributed by atoms with E-state index >= 15 is 0 Å². The van der Waals surface area contributed by atoms with Crippen molar-refractivity contribution in [2.75, 3.05) is 18.5 Å². The Labute approximate surface area is 178 Å². The van der Waals surface area contributed by atoms with Gasteiger partial charge in [-0.25, -0.2) is 4.39 Å². The second-order valence-corrected chi connectivity index (χ2v) is 7.64. The SMILES string of the molecule is CNC(=O)[C@@H](c1ccccc1)N(CCCc1ccc(C)cc1)c1ccc(F)c(C)c1. The number of benzene rings is 3. The number of hydrogen-bond donors (Lipinski definition) is 1. The number of aryl methyl sites for hydroxylation is 3. The maximum absolute atomic E-state index is 13.9. The number of halogens is 1. The first-order valence-electron chi connectivity index (χ1n) is 10.3. The van der Waals surface area contributed by atoms with Crippen molar-refractivity contribution in [2.45, 2.75) is 32.7 Å². The quantitative estimate of drug-likeness (QED) is 0.547. The molecular weight excluding hydrogens is 375 g/mol. The summed E-state index contributed by atoms with van der Waals surface area (Å²) >= 11 is 0. The lowest BCUT2D eigenvalue weighted by molar-refractivity contribution is -0.122. The number of nitrogens with zero attached hydrogens (tertiary/aromatic N) is 1. The van der Waals surface area contributed by atoms with Gasteiger partial charge in [0.05, 0.1) is 0 Å². The summed E-state index contributed by atoms with van der Waals surface area (Å²) in [6.07, 6.45) is 1.78. The Morgan fingerprint density at radius 1 is 1.00 bits per heavy atom. The molecule has 0 heterocycles. The van der Waals surface area contributed by atoms with E-state index in [1.54, 1.807) is 20.0 Å². The van der Waals surface area contributed by atoms with Crippen LogP contribution in [0.15, 0.2) is 72.8 Å². The van der Waals surface area contributed by atoms with Crippen LogP contribution in [0.5, 0.6) is 0 Å². The van der Waals surface area contributed by atoms with Crippen molar-refractivity contribution in [3.8, 4) is 0 Å². The van der Waals surface area contributed by atoms with Gasteiger partial charge in [-0.2, -0.15) is 0 Å². The molecular formula is C26H29FN2O. The number of carbonyl (C=O) groups excluding carboxylic acids is 1. The van der Waals surface area contributed by atoms with Gasteiger partial charge in [0.1, 0.15) is 11.9 Å². The van der Waals surface area contributed by atoms with Crippen molar-refractivity contribution >= 4 is 11.6 Å². The van der Waals surface area contributed by atoms with Crippen molar-refractivity contribution in [3.63, 3.8) is 0 Å². The number of amides is 1. The number of nitrogens with one attached hydrogen (secondary N) is 1. The molecule has 1 amide bonds. The van der Waals surface area contributed by atoms with E-state index in [4.69, 9.17) is 0 Å². The fraction of sp³-hybridized carbons (Fsp3) is 0.269. The fourth-order valence-corrected chi connectivity index (χ4v) is 3.67. The molecule has 0 bridgehead atoms. The van der Waals surface area contributed by atoms with Crippen LogP contribution in [0.3, 0.4) is 0 Å². The summed E-state index contributed by atoms with van der Waals surface area (Å²) in [5.74, 6) is -0.326. The lowest BCUT2D eigenvalue weighted by Crippen LogP contribution is -2.40.